The molecule has 5 heteroatoms. The van der Waals surface area contributed by atoms with Gasteiger partial charge in [0.1, 0.15) is 5.54 Å². The predicted octanol–water partition coefficient (Wildman–Crippen LogP) is 0.582. The Balaban J connectivity index is 2.23. The zero-order valence-electron chi connectivity index (χ0n) is 6.56. The fourth-order valence-corrected chi connectivity index (χ4v) is 2.22. The smallest absolute Gasteiger partial charge is 0.316 e. The van der Waals surface area contributed by atoms with Gasteiger partial charge in [-0.3, -0.25) is 0 Å². The Kier molecular flexibility index (Phi) is 1.48. The lowest BCUT2D eigenvalue weighted by Crippen LogP contribution is -2.61. The first-order chi connectivity index (χ1) is 5.43. The first-order valence-corrected chi connectivity index (χ1v) is 4.01. The summed E-state index contributed by atoms with van der Waals surface area (Å²) in [5, 5.41) is 0. The summed E-state index contributed by atoms with van der Waals surface area (Å²) in [4.78, 5) is 1.79. The third-order valence-electron chi connectivity index (χ3n) is 3.01. The molecule has 0 aliphatic carbocycles. The van der Waals surface area contributed by atoms with E-state index >= 15 is 0 Å². The number of halogens is 3. The largest absolute Gasteiger partial charge is 0.407 e. The van der Waals surface area contributed by atoms with E-state index in [4.69, 9.17) is 5.73 Å². The van der Waals surface area contributed by atoms with Gasteiger partial charge in [-0.25, -0.2) is 0 Å². The summed E-state index contributed by atoms with van der Waals surface area (Å²) in [6, 6.07) is 0. The quantitative estimate of drug-likeness (QED) is 0.591. The molecule has 12 heavy (non-hydrogen) atoms. The summed E-state index contributed by atoms with van der Waals surface area (Å²) in [5.74, 6) is -0.377. The summed E-state index contributed by atoms with van der Waals surface area (Å²) >= 11 is 0. The van der Waals surface area contributed by atoms with E-state index in [1.54, 1.807) is 4.90 Å². The standard InChI is InChI=1S/C7H11F3N2/c8-7(9,10)6(11)4-12-2-1-5(6)3-12/h5H,1-4,11H2/t5-,6-/m0/s1. The highest BCUT2D eigenvalue weighted by atomic mass is 19.4. The third-order valence-corrected chi connectivity index (χ3v) is 3.01. The van der Waals surface area contributed by atoms with E-state index in [1.165, 1.54) is 0 Å². The van der Waals surface area contributed by atoms with Gasteiger partial charge in [-0.1, -0.05) is 0 Å². The van der Waals surface area contributed by atoms with Crippen LogP contribution in [-0.2, 0) is 0 Å². The minimum atomic E-state index is -4.24. The zero-order chi connectivity index (χ0) is 8.98. The van der Waals surface area contributed by atoms with Gasteiger partial charge in [0, 0.05) is 19.0 Å². The highest BCUT2D eigenvalue weighted by molar-refractivity contribution is 5.09. The lowest BCUT2D eigenvalue weighted by molar-refractivity contribution is -0.195. The van der Waals surface area contributed by atoms with Crippen molar-refractivity contribution in [3.05, 3.63) is 0 Å². The Bertz CT molecular complexity index is 203. The maximum absolute atomic E-state index is 12.5. The Morgan fingerprint density at radius 1 is 1.42 bits per heavy atom. The Morgan fingerprint density at radius 3 is 2.33 bits per heavy atom. The molecule has 2 bridgehead atoms. The van der Waals surface area contributed by atoms with E-state index in [9.17, 15) is 13.2 Å². The van der Waals surface area contributed by atoms with Gasteiger partial charge in [0.25, 0.3) is 0 Å². The van der Waals surface area contributed by atoms with Gasteiger partial charge in [0.2, 0.25) is 0 Å². The summed E-state index contributed by atoms with van der Waals surface area (Å²) in [5.41, 5.74) is 3.43. The molecular weight excluding hydrogens is 169 g/mol. The van der Waals surface area contributed by atoms with Crippen LogP contribution in [0.2, 0.25) is 0 Å². The second-order valence-electron chi connectivity index (χ2n) is 3.76. The van der Waals surface area contributed by atoms with Crippen molar-refractivity contribution in [3.63, 3.8) is 0 Å². The minimum absolute atomic E-state index is 0.0127. The molecule has 0 saturated carbocycles. The van der Waals surface area contributed by atoms with E-state index in [0.29, 0.717) is 13.0 Å². The predicted molar refractivity (Wildman–Crippen MR) is 37.5 cm³/mol. The van der Waals surface area contributed by atoms with E-state index in [-0.39, 0.29) is 12.5 Å². The summed E-state index contributed by atoms with van der Waals surface area (Å²) < 4.78 is 37.4. The summed E-state index contributed by atoms with van der Waals surface area (Å²) in [6.45, 7) is 1.29. The molecule has 0 spiro atoms. The maximum Gasteiger partial charge on any atom is 0.407 e. The average Bonchev–Trinajstić information content (AvgIpc) is 2.43. The van der Waals surface area contributed by atoms with Crippen LogP contribution >= 0.6 is 0 Å². The highest BCUT2D eigenvalue weighted by Crippen LogP contribution is 2.44. The fraction of sp³-hybridized carbons (Fsp3) is 1.00. The molecule has 70 valence electrons. The molecule has 0 radical (unpaired) electrons. The fourth-order valence-electron chi connectivity index (χ4n) is 2.22. The Hall–Kier alpha value is -0.290. The Labute approximate surface area is 68.5 Å². The molecule has 0 aromatic heterocycles. The topological polar surface area (TPSA) is 29.3 Å². The van der Waals surface area contributed by atoms with Crippen LogP contribution in [0.5, 0.6) is 0 Å². The molecule has 2 aliphatic heterocycles. The van der Waals surface area contributed by atoms with E-state index in [1.807, 2.05) is 0 Å². The first-order valence-electron chi connectivity index (χ1n) is 4.01. The number of hydrogen-bond acceptors (Lipinski definition) is 2. The molecule has 3 atom stereocenters. The highest BCUT2D eigenvalue weighted by Gasteiger charge is 2.62. The molecule has 0 aromatic rings. The monoisotopic (exact) mass is 180 g/mol. The van der Waals surface area contributed by atoms with Gasteiger partial charge in [-0.15, -0.1) is 0 Å². The average molecular weight is 180 g/mol. The number of fused-ring (bicyclic) bond motifs is 2. The van der Waals surface area contributed by atoms with Crippen LogP contribution in [0, 0.1) is 5.92 Å². The molecule has 2 fully saturated rings. The molecule has 2 nitrogen and oxygen atoms in total. The van der Waals surface area contributed by atoms with Crippen molar-refractivity contribution < 1.29 is 13.2 Å². The van der Waals surface area contributed by atoms with Gasteiger partial charge in [0.05, 0.1) is 0 Å². The van der Waals surface area contributed by atoms with Crippen LogP contribution in [0.15, 0.2) is 0 Å². The number of alkyl halides is 3. The molecule has 2 aliphatic rings. The van der Waals surface area contributed by atoms with E-state index < -0.39 is 11.7 Å². The SMILES string of the molecule is N[C@@]1(C(F)(F)F)CN2CC[C@H]1C2. The van der Waals surface area contributed by atoms with Crippen molar-refractivity contribution in [3.8, 4) is 0 Å². The minimum Gasteiger partial charge on any atom is -0.316 e. The zero-order valence-corrected chi connectivity index (χ0v) is 6.56. The van der Waals surface area contributed by atoms with Crippen LogP contribution in [0.25, 0.3) is 0 Å². The van der Waals surface area contributed by atoms with Crippen molar-refractivity contribution in [1.29, 1.82) is 0 Å². The molecule has 2 rings (SSSR count). The van der Waals surface area contributed by atoms with Crippen LogP contribution in [0.1, 0.15) is 6.42 Å². The van der Waals surface area contributed by atoms with Gasteiger partial charge in [-0.2, -0.15) is 13.2 Å². The van der Waals surface area contributed by atoms with E-state index in [0.717, 1.165) is 6.54 Å². The molecule has 2 saturated heterocycles. The molecule has 1 unspecified atom stereocenters. The van der Waals surface area contributed by atoms with Crippen molar-refractivity contribution in [2.24, 2.45) is 11.7 Å². The number of nitrogens with two attached hydrogens (primary N) is 1. The molecule has 0 aromatic carbocycles. The molecule has 0 amide bonds. The van der Waals surface area contributed by atoms with Gasteiger partial charge in [-0.05, 0) is 13.0 Å². The summed E-state index contributed by atoms with van der Waals surface area (Å²) in [6.07, 6.45) is -3.65. The van der Waals surface area contributed by atoms with Gasteiger partial charge in [0.15, 0.2) is 0 Å². The second kappa shape index (κ2) is 2.14. The number of nitrogens with zero attached hydrogens (tertiary/aromatic N) is 1. The van der Waals surface area contributed by atoms with Gasteiger partial charge >= 0.3 is 6.18 Å². The Morgan fingerprint density at radius 2 is 2.08 bits per heavy atom. The van der Waals surface area contributed by atoms with Crippen LogP contribution in [-0.4, -0.2) is 36.2 Å². The van der Waals surface area contributed by atoms with Crippen LogP contribution in [0.3, 0.4) is 0 Å². The van der Waals surface area contributed by atoms with Crippen molar-refractivity contribution in [2.45, 2.75) is 18.1 Å². The first kappa shape index (κ1) is 8.31. The van der Waals surface area contributed by atoms with Crippen molar-refractivity contribution in [1.82, 2.24) is 4.90 Å². The second-order valence-corrected chi connectivity index (χ2v) is 3.76. The molecular formula is C7H11F3N2. The lowest BCUT2D eigenvalue weighted by Gasteiger charge is -2.35. The molecule has 2 heterocycles. The van der Waals surface area contributed by atoms with Crippen molar-refractivity contribution >= 4 is 0 Å². The third kappa shape index (κ3) is 0.894. The maximum atomic E-state index is 12.5. The number of piperidine rings is 1. The number of hydrogen-bond donors (Lipinski definition) is 1. The molecule has 2 N–H and O–H groups in total. The summed E-state index contributed by atoms with van der Waals surface area (Å²) in [7, 11) is 0. The lowest BCUT2D eigenvalue weighted by atomic mass is 9.84. The van der Waals surface area contributed by atoms with E-state index in [2.05, 4.69) is 0 Å². The normalized spacial score (nSPS) is 47.0. The van der Waals surface area contributed by atoms with Gasteiger partial charge < -0.3 is 10.6 Å². The number of rotatable bonds is 0. The van der Waals surface area contributed by atoms with Crippen molar-refractivity contribution in [2.75, 3.05) is 19.6 Å². The van der Waals surface area contributed by atoms with Crippen LogP contribution < -0.4 is 5.73 Å². The van der Waals surface area contributed by atoms with Crippen LogP contribution in [0.4, 0.5) is 13.2 Å².